The standard InChI is InChI=1S/C15H14N4O2/c1-19(14-7-6-12(15(16)20)17-18-14)9-11-8-10-4-2-3-5-13(10)21-11/h2-8H,9H2,1H3,(H2,16,20). The zero-order valence-electron chi connectivity index (χ0n) is 11.5. The van der Waals surface area contributed by atoms with Gasteiger partial charge in [0.2, 0.25) is 0 Å². The third-order valence-electron chi connectivity index (χ3n) is 3.16. The number of nitrogens with two attached hydrogens (primary N) is 1. The Hall–Kier alpha value is -2.89. The van der Waals surface area contributed by atoms with E-state index in [0.717, 1.165) is 16.7 Å². The van der Waals surface area contributed by atoms with E-state index in [9.17, 15) is 4.79 Å². The average molecular weight is 282 g/mol. The highest BCUT2D eigenvalue weighted by Gasteiger charge is 2.10. The number of benzene rings is 1. The molecule has 1 amide bonds. The Morgan fingerprint density at radius 2 is 2.05 bits per heavy atom. The number of carbonyl (C=O) groups is 1. The summed E-state index contributed by atoms with van der Waals surface area (Å²) in [5, 5.41) is 8.84. The number of hydrogen-bond acceptors (Lipinski definition) is 5. The van der Waals surface area contributed by atoms with Crippen molar-refractivity contribution < 1.29 is 9.21 Å². The van der Waals surface area contributed by atoms with Gasteiger partial charge in [-0.2, -0.15) is 0 Å². The summed E-state index contributed by atoms with van der Waals surface area (Å²) < 4.78 is 5.76. The monoisotopic (exact) mass is 282 g/mol. The second-order valence-electron chi connectivity index (χ2n) is 4.75. The van der Waals surface area contributed by atoms with Gasteiger partial charge in [-0.1, -0.05) is 18.2 Å². The van der Waals surface area contributed by atoms with Gasteiger partial charge < -0.3 is 15.1 Å². The molecule has 1 aromatic carbocycles. The molecule has 0 radical (unpaired) electrons. The van der Waals surface area contributed by atoms with E-state index in [0.29, 0.717) is 12.4 Å². The van der Waals surface area contributed by atoms with Gasteiger partial charge in [0.05, 0.1) is 6.54 Å². The van der Waals surface area contributed by atoms with E-state index in [4.69, 9.17) is 10.2 Å². The van der Waals surface area contributed by atoms with Gasteiger partial charge in [0.25, 0.3) is 5.91 Å². The minimum Gasteiger partial charge on any atom is -0.459 e. The molecule has 6 nitrogen and oxygen atoms in total. The SMILES string of the molecule is CN(Cc1cc2ccccc2o1)c1ccc(C(N)=O)nn1. The van der Waals surface area contributed by atoms with Gasteiger partial charge in [-0.25, -0.2) is 0 Å². The lowest BCUT2D eigenvalue weighted by atomic mass is 10.2. The van der Waals surface area contributed by atoms with Crippen LogP contribution in [0.25, 0.3) is 11.0 Å². The van der Waals surface area contributed by atoms with Gasteiger partial charge in [0.1, 0.15) is 11.3 Å². The zero-order valence-corrected chi connectivity index (χ0v) is 11.5. The molecule has 0 aliphatic heterocycles. The molecule has 0 bridgehead atoms. The maximum Gasteiger partial charge on any atom is 0.269 e. The highest BCUT2D eigenvalue weighted by molar-refractivity contribution is 5.90. The second-order valence-corrected chi connectivity index (χ2v) is 4.75. The van der Waals surface area contributed by atoms with E-state index in [1.807, 2.05) is 42.3 Å². The first-order chi connectivity index (χ1) is 10.1. The molecule has 3 aromatic rings. The number of para-hydroxylation sites is 1. The first-order valence-electron chi connectivity index (χ1n) is 6.45. The second kappa shape index (κ2) is 5.24. The summed E-state index contributed by atoms with van der Waals surface area (Å²) >= 11 is 0. The largest absolute Gasteiger partial charge is 0.459 e. The van der Waals surface area contributed by atoms with Crippen molar-refractivity contribution >= 4 is 22.7 Å². The van der Waals surface area contributed by atoms with Crippen molar-refractivity contribution in [3.63, 3.8) is 0 Å². The van der Waals surface area contributed by atoms with Gasteiger partial charge in [-0.3, -0.25) is 4.79 Å². The van der Waals surface area contributed by atoms with Gasteiger partial charge in [-0.05, 0) is 24.3 Å². The molecule has 3 rings (SSSR count). The molecule has 2 N–H and O–H groups in total. The Kier molecular flexibility index (Phi) is 3.27. The number of hydrogen-bond donors (Lipinski definition) is 1. The van der Waals surface area contributed by atoms with Gasteiger partial charge >= 0.3 is 0 Å². The van der Waals surface area contributed by atoms with Gasteiger partial charge in [0, 0.05) is 12.4 Å². The van der Waals surface area contributed by atoms with Crippen molar-refractivity contribution in [2.24, 2.45) is 5.73 Å². The Bertz CT molecular complexity index is 747. The quantitative estimate of drug-likeness (QED) is 0.790. The van der Waals surface area contributed by atoms with Crippen LogP contribution in [0.5, 0.6) is 0 Å². The van der Waals surface area contributed by atoms with E-state index < -0.39 is 5.91 Å². The minimum absolute atomic E-state index is 0.149. The lowest BCUT2D eigenvalue weighted by Crippen LogP contribution is -2.19. The third kappa shape index (κ3) is 2.69. The summed E-state index contributed by atoms with van der Waals surface area (Å²) in [7, 11) is 1.88. The average Bonchev–Trinajstić information content (AvgIpc) is 2.89. The zero-order chi connectivity index (χ0) is 14.8. The number of carbonyl (C=O) groups excluding carboxylic acids is 1. The predicted octanol–water partition coefficient (Wildman–Crippen LogP) is 1.96. The smallest absolute Gasteiger partial charge is 0.269 e. The molecule has 0 spiro atoms. The fourth-order valence-corrected chi connectivity index (χ4v) is 2.09. The van der Waals surface area contributed by atoms with Crippen LogP contribution in [0.15, 0.2) is 46.9 Å². The molecule has 0 fully saturated rings. The number of nitrogens with zero attached hydrogens (tertiary/aromatic N) is 3. The summed E-state index contributed by atoms with van der Waals surface area (Å²) in [5.74, 6) is 0.883. The van der Waals surface area contributed by atoms with Crippen LogP contribution in [-0.2, 0) is 6.54 Å². The molecule has 0 saturated heterocycles. The highest BCUT2D eigenvalue weighted by atomic mass is 16.3. The number of furan rings is 1. The topological polar surface area (TPSA) is 85.3 Å². The van der Waals surface area contributed by atoms with Crippen LogP contribution in [-0.4, -0.2) is 23.2 Å². The number of amides is 1. The molecule has 0 atom stereocenters. The van der Waals surface area contributed by atoms with Crippen LogP contribution in [0.4, 0.5) is 5.82 Å². The summed E-state index contributed by atoms with van der Waals surface area (Å²) in [5.41, 5.74) is 6.14. The molecule has 0 aliphatic rings. The van der Waals surface area contributed by atoms with Crippen LogP contribution in [0.3, 0.4) is 0 Å². The van der Waals surface area contributed by atoms with Gasteiger partial charge in [0.15, 0.2) is 11.5 Å². The number of anilines is 1. The Balaban J connectivity index is 1.78. The maximum absolute atomic E-state index is 11.0. The van der Waals surface area contributed by atoms with E-state index in [1.54, 1.807) is 12.1 Å². The van der Waals surface area contributed by atoms with Gasteiger partial charge in [-0.15, -0.1) is 10.2 Å². The lowest BCUT2D eigenvalue weighted by Gasteiger charge is -2.15. The molecule has 21 heavy (non-hydrogen) atoms. The Labute approximate surface area is 121 Å². The van der Waals surface area contributed by atoms with Crippen molar-refractivity contribution in [1.29, 1.82) is 0 Å². The normalized spacial score (nSPS) is 10.7. The fraction of sp³-hybridized carbons (Fsp3) is 0.133. The van der Waals surface area contributed by atoms with Crippen LogP contribution < -0.4 is 10.6 Å². The number of rotatable bonds is 4. The van der Waals surface area contributed by atoms with Crippen molar-refractivity contribution in [3.05, 3.63) is 53.9 Å². The molecule has 2 heterocycles. The van der Waals surface area contributed by atoms with E-state index in [2.05, 4.69) is 10.2 Å². The fourth-order valence-electron chi connectivity index (χ4n) is 2.09. The summed E-state index contributed by atoms with van der Waals surface area (Å²) in [6.07, 6.45) is 0. The molecule has 6 heteroatoms. The van der Waals surface area contributed by atoms with Crippen LogP contribution in [0.1, 0.15) is 16.2 Å². The molecule has 0 unspecified atom stereocenters. The highest BCUT2D eigenvalue weighted by Crippen LogP contribution is 2.21. The van der Waals surface area contributed by atoms with Crippen LogP contribution in [0, 0.1) is 0 Å². The lowest BCUT2D eigenvalue weighted by molar-refractivity contribution is 0.0994. The van der Waals surface area contributed by atoms with Crippen molar-refractivity contribution in [3.8, 4) is 0 Å². The van der Waals surface area contributed by atoms with Crippen LogP contribution in [0.2, 0.25) is 0 Å². The summed E-state index contributed by atoms with van der Waals surface area (Å²) in [6, 6.07) is 13.1. The predicted molar refractivity (Wildman–Crippen MR) is 78.9 cm³/mol. The van der Waals surface area contributed by atoms with Crippen LogP contribution >= 0.6 is 0 Å². The van der Waals surface area contributed by atoms with Crippen molar-refractivity contribution in [2.45, 2.75) is 6.54 Å². The maximum atomic E-state index is 11.0. The van der Waals surface area contributed by atoms with E-state index in [-0.39, 0.29) is 5.69 Å². The molecule has 0 aliphatic carbocycles. The summed E-state index contributed by atoms with van der Waals surface area (Å²) in [4.78, 5) is 12.8. The van der Waals surface area contributed by atoms with E-state index >= 15 is 0 Å². The first kappa shape index (κ1) is 13.1. The van der Waals surface area contributed by atoms with E-state index in [1.165, 1.54) is 0 Å². The molecule has 106 valence electrons. The molecular formula is C15H14N4O2. The summed E-state index contributed by atoms with van der Waals surface area (Å²) in [6.45, 7) is 0.555. The number of primary amides is 1. The third-order valence-corrected chi connectivity index (χ3v) is 3.16. The number of aromatic nitrogens is 2. The number of fused-ring (bicyclic) bond motifs is 1. The minimum atomic E-state index is -0.589. The van der Waals surface area contributed by atoms with Crippen molar-refractivity contribution in [2.75, 3.05) is 11.9 Å². The Morgan fingerprint density at radius 1 is 1.24 bits per heavy atom. The van der Waals surface area contributed by atoms with Crippen molar-refractivity contribution in [1.82, 2.24) is 10.2 Å². The Morgan fingerprint density at radius 3 is 2.71 bits per heavy atom. The molecular weight excluding hydrogens is 268 g/mol. The molecule has 2 aromatic heterocycles. The first-order valence-corrected chi connectivity index (χ1v) is 6.45. The molecule has 0 saturated carbocycles.